The second kappa shape index (κ2) is 8.19. The molecule has 0 saturated carbocycles. The van der Waals surface area contributed by atoms with Gasteiger partial charge in [-0.2, -0.15) is 5.26 Å². The van der Waals surface area contributed by atoms with Crippen LogP contribution in [0.25, 0.3) is 0 Å². The van der Waals surface area contributed by atoms with Crippen molar-refractivity contribution in [2.45, 2.75) is 13.0 Å². The predicted octanol–water partition coefficient (Wildman–Crippen LogP) is 1.08. The molecule has 0 aromatic heterocycles. The van der Waals surface area contributed by atoms with Gasteiger partial charge < -0.3 is 15.8 Å². The Morgan fingerprint density at radius 1 is 1.45 bits per heavy atom. The van der Waals surface area contributed by atoms with E-state index in [0.29, 0.717) is 17.2 Å². The van der Waals surface area contributed by atoms with Gasteiger partial charge in [-0.15, -0.1) is 11.8 Å². The minimum Gasteiger partial charge on any atom is -0.392 e. The van der Waals surface area contributed by atoms with Gasteiger partial charge in [-0.3, -0.25) is 4.79 Å². The summed E-state index contributed by atoms with van der Waals surface area (Å²) in [4.78, 5) is 21.8. The van der Waals surface area contributed by atoms with Crippen LogP contribution in [0.1, 0.15) is 12.5 Å². The standard InChI is InChI=1S/C13H15N3O3S/c1-9(17)19-13(18)12(15)7-20-8-16-11-4-2-10(6-14)3-5-11/h2-5,12,16H,7-8,15H2,1H3/t12-/m0/s1. The number of esters is 2. The van der Waals surface area contributed by atoms with E-state index in [2.05, 4.69) is 10.1 Å². The second-order valence-corrected chi connectivity index (χ2v) is 4.93. The molecule has 20 heavy (non-hydrogen) atoms. The molecule has 7 heteroatoms. The molecular formula is C13H15N3O3S. The maximum absolute atomic E-state index is 11.3. The van der Waals surface area contributed by atoms with E-state index in [0.717, 1.165) is 12.6 Å². The van der Waals surface area contributed by atoms with Gasteiger partial charge in [0.1, 0.15) is 6.04 Å². The summed E-state index contributed by atoms with van der Waals surface area (Å²) in [5, 5.41) is 11.8. The number of carbonyl (C=O) groups excluding carboxylic acids is 2. The zero-order valence-electron chi connectivity index (χ0n) is 11.0. The summed E-state index contributed by atoms with van der Waals surface area (Å²) in [6.45, 7) is 1.16. The number of hydrogen-bond donors (Lipinski definition) is 2. The summed E-state index contributed by atoms with van der Waals surface area (Å²) in [7, 11) is 0. The van der Waals surface area contributed by atoms with Crippen LogP contribution in [-0.2, 0) is 14.3 Å². The Morgan fingerprint density at radius 3 is 2.65 bits per heavy atom. The first kappa shape index (κ1) is 16.0. The van der Waals surface area contributed by atoms with Gasteiger partial charge in [0.15, 0.2) is 0 Å². The van der Waals surface area contributed by atoms with E-state index in [9.17, 15) is 9.59 Å². The Labute approximate surface area is 121 Å². The van der Waals surface area contributed by atoms with Crippen LogP contribution in [0.5, 0.6) is 0 Å². The number of nitrogens with two attached hydrogens (primary N) is 1. The molecule has 1 aromatic carbocycles. The van der Waals surface area contributed by atoms with Crippen molar-refractivity contribution < 1.29 is 14.3 Å². The average Bonchev–Trinajstić information content (AvgIpc) is 2.43. The predicted molar refractivity (Wildman–Crippen MR) is 76.9 cm³/mol. The van der Waals surface area contributed by atoms with Crippen LogP contribution < -0.4 is 11.1 Å². The molecule has 1 rings (SSSR count). The number of rotatable bonds is 6. The SMILES string of the molecule is CC(=O)OC(=O)[C@@H](N)CSCNc1ccc(C#N)cc1. The molecule has 0 unspecified atom stereocenters. The van der Waals surface area contributed by atoms with Gasteiger partial charge in [-0.25, -0.2) is 4.79 Å². The van der Waals surface area contributed by atoms with Crippen LogP contribution in [-0.4, -0.2) is 29.6 Å². The average molecular weight is 293 g/mol. The Bertz CT molecular complexity index is 511. The van der Waals surface area contributed by atoms with Gasteiger partial charge in [-0.1, -0.05) is 0 Å². The zero-order chi connectivity index (χ0) is 15.0. The molecule has 0 bridgehead atoms. The summed E-state index contributed by atoms with van der Waals surface area (Å²) in [5.41, 5.74) is 7.04. The van der Waals surface area contributed by atoms with Crippen molar-refractivity contribution in [3.05, 3.63) is 29.8 Å². The fourth-order valence-electron chi connectivity index (χ4n) is 1.27. The molecule has 6 nitrogen and oxygen atoms in total. The molecule has 0 aliphatic rings. The van der Waals surface area contributed by atoms with Gasteiger partial charge in [0, 0.05) is 18.4 Å². The highest BCUT2D eigenvalue weighted by Crippen LogP contribution is 2.11. The van der Waals surface area contributed by atoms with Crippen LogP contribution >= 0.6 is 11.8 Å². The first-order valence-electron chi connectivity index (χ1n) is 5.82. The Hall–Kier alpha value is -2.04. The quantitative estimate of drug-likeness (QED) is 0.350. The molecule has 0 fully saturated rings. The van der Waals surface area contributed by atoms with Crippen molar-refractivity contribution in [1.82, 2.24) is 0 Å². The van der Waals surface area contributed by atoms with E-state index in [1.54, 1.807) is 24.3 Å². The number of nitrogens with zero attached hydrogens (tertiary/aromatic N) is 1. The first-order chi connectivity index (χ1) is 9.52. The van der Waals surface area contributed by atoms with E-state index in [1.165, 1.54) is 11.8 Å². The number of hydrogen-bond acceptors (Lipinski definition) is 7. The molecule has 3 N–H and O–H groups in total. The van der Waals surface area contributed by atoms with Crippen molar-refractivity contribution in [3.8, 4) is 6.07 Å². The summed E-state index contributed by atoms with van der Waals surface area (Å²) in [6.07, 6.45) is 0. The molecule has 0 heterocycles. The molecular weight excluding hydrogens is 278 g/mol. The van der Waals surface area contributed by atoms with Crippen molar-refractivity contribution in [2.75, 3.05) is 16.9 Å². The van der Waals surface area contributed by atoms with Gasteiger partial charge in [0.2, 0.25) is 0 Å². The van der Waals surface area contributed by atoms with Gasteiger partial charge >= 0.3 is 11.9 Å². The van der Waals surface area contributed by atoms with E-state index in [1.807, 2.05) is 6.07 Å². The minimum absolute atomic E-state index is 0.343. The molecule has 0 saturated heterocycles. The van der Waals surface area contributed by atoms with Crippen LogP contribution in [0.2, 0.25) is 0 Å². The van der Waals surface area contributed by atoms with Crippen molar-refractivity contribution >= 4 is 29.4 Å². The lowest BCUT2D eigenvalue weighted by molar-refractivity contribution is -0.158. The maximum Gasteiger partial charge on any atom is 0.331 e. The number of nitrogens with one attached hydrogen (secondary N) is 1. The zero-order valence-corrected chi connectivity index (χ0v) is 11.8. The largest absolute Gasteiger partial charge is 0.392 e. The van der Waals surface area contributed by atoms with Gasteiger partial charge in [-0.05, 0) is 24.3 Å². The molecule has 0 aliphatic heterocycles. The van der Waals surface area contributed by atoms with Crippen molar-refractivity contribution in [3.63, 3.8) is 0 Å². The van der Waals surface area contributed by atoms with E-state index in [4.69, 9.17) is 11.0 Å². The molecule has 1 atom stereocenters. The molecule has 0 radical (unpaired) electrons. The third kappa shape index (κ3) is 5.73. The normalized spacial score (nSPS) is 11.2. The topological polar surface area (TPSA) is 105 Å². The van der Waals surface area contributed by atoms with Crippen LogP contribution in [0, 0.1) is 11.3 Å². The number of benzene rings is 1. The Morgan fingerprint density at radius 2 is 2.10 bits per heavy atom. The number of anilines is 1. The summed E-state index contributed by atoms with van der Waals surface area (Å²) in [5.74, 6) is -0.489. The highest BCUT2D eigenvalue weighted by atomic mass is 32.2. The van der Waals surface area contributed by atoms with Gasteiger partial charge in [0.05, 0.1) is 17.5 Å². The third-order valence-electron chi connectivity index (χ3n) is 2.24. The van der Waals surface area contributed by atoms with E-state index >= 15 is 0 Å². The fourth-order valence-corrected chi connectivity index (χ4v) is 2.04. The molecule has 0 aliphatic carbocycles. The smallest absolute Gasteiger partial charge is 0.331 e. The highest BCUT2D eigenvalue weighted by molar-refractivity contribution is 7.99. The number of carbonyl (C=O) groups is 2. The second-order valence-electron chi connectivity index (χ2n) is 3.90. The lowest BCUT2D eigenvalue weighted by atomic mass is 10.2. The monoisotopic (exact) mass is 293 g/mol. The Balaban J connectivity index is 2.25. The lowest BCUT2D eigenvalue weighted by Gasteiger charge is -2.10. The maximum atomic E-state index is 11.3. The number of nitriles is 1. The van der Waals surface area contributed by atoms with Crippen LogP contribution in [0.4, 0.5) is 5.69 Å². The fraction of sp³-hybridized carbons (Fsp3) is 0.308. The highest BCUT2D eigenvalue weighted by Gasteiger charge is 2.16. The third-order valence-corrected chi connectivity index (χ3v) is 3.18. The van der Waals surface area contributed by atoms with E-state index in [-0.39, 0.29) is 0 Å². The van der Waals surface area contributed by atoms with Crippen LogP contribution in [0.3, 0.4) is 0 Å². The van der Waals surface area contributed by atoms with Crippen molar-refractivity contribution in [2.24, 2.45) is 5.73 Å². The molecule has 1 aromatic rings. The van der Waals surface area contributed by atoms with Crippen LogP contribution in [0.15, 0.2) is 24.3 Å². The molecule has 0 amide bonds. The lowest BCUT2D eigenvalue weighted by Crippen LogP contribution is -2.35. The number of ether oxygens (including phenoxy) is 1. The minimum atomic E-state index is -0.827. The van der Waals surface area contributed by atoms with Crippen molar-refractivity contribution in [1.29, 1.82) is 5.26 Å². The molecule has 0 spiro atoms. The summed E-state index contributed by atoms with van der Waals surface area (Å²) < 4.78 is 4.39. The number of thioether (sulfide) groups is 1. The van der Waals surface area contributed by atoms with Gasteiger partial charge in [0.25, 0.3) is 0 Å². The summed E-state index contributed by atoms with van der Waals surface area (Å²) in [6, 6.07) is 8.22. The van der Waals surface area contributed by atoms with E-state index < -0.39 is 18.0 Å². The molecule has 106 valence electrons. The summed E-state index contributed by atoms with van der Waals surface area (Å²) >= 11 is 1.41. The Kier molecular flexibility index (Phi) is 6.56. The first-order valence-corrected chi connectivity index (χ1v) is 6.98.